The lowest BCUT2D eigenvalue weighted by atomic mass is 10.0. The molecule has 1 saturated heterocycles. The van der Waals surface area contributed by atoms with Crippen molar-refractivity contribution >= 4 is 65.8 Å². The Balaban J connectivity index is 1.52. The quantitative estimate of drug-likeness (QED) is 0.482. The van der Waals surface area contributed by atoms with E-state index in [4.69, 9.17) is 23.2 Å². The van der Waals surface area contributed by atoms with Crippen LogP contribution in [0.5, 0.6) is 0 Å². The van der Waals surface area contributed by atoms with Crippen molar-refractivity contribution in [2.24, 2.45) is 0 Å². The monoisotopic (exact) mass is 497 g/mol. The zero-order chi connectivity index (χ0) is 22.2. The second kappa shape index (κ2) is 9.03. The molecule has 2 aromatic carbocycles. The molecule has 0 spiro atoms. The minimum Gasteiger partial charge on any atom is -0.298 e. The molecular weight excluding hydrogens is 477 g/mol. The average Bonchev–Trinajstić information content (AvgIpc) is 3.19. The highest BCUT2D eigenvalue weighted by molar-refractivity contribution is 7.89. The Morgan fingerprint density at radius 3 is 2.65 bits per heavy atom. The molecule has 4 rings (SSSR count). The van der Waals surface area contributed by atoms with Crippen molar-refractivity contribution in [2.75, 3.05) is 11.9 Å². The van der Waals surface area contributed by atoms with Crippen LogP contribution in [0.3, 0.4) is 0 Å². The van der Waals surface area contributed by atoms with Gasteiger partial charge in [-0.25, -0.2) is 13.4 Å². The number of carbonyl (C=O) groups is 1. The molecule has 3 aromatic rings. The summed E-state index contributed by atoms with van der Waals surface area (Å²) < 4.78 is 28.6. The number of rotatable bonds is 5. The number of halogens is 2. The lowest BCUT2D eigenvalue weighted by molar-refractivity contribution is 0.102. The maximum absolute atomic E-state index is 13.1. The van der Waals surface area contributed by atoms with Crippen LogP contribution in [-0.2, 0) is 10.0 Å². The number of amides is 1. The molecule has 6 nitrogen and oxygen atoms in total. The smallest absolute Gasteiger partial charge is 0.257 e. The van der Waals surface area contributed by atoms with Crippen molar-refractivity contribution in [1.82, 2.24) is 9.29 Å². The highest BCUT2D eigenvalue weighted by Crippen LogP contribution is 2.35. The number of sulfonamides is 1. The standard InChI is InChI=1S/C21H21Cl2N3O3S2/c1-2-14-5-3-4-12-26(14)31(28,29)15-8-6-13(7-9-15)20(27)25-21-24-19-17(30-21)11-10-16(22)18(19)23/h6-11,14H,2-5,12H2,1H3,(H,24,25,27). The van der Waals surface area contributed by atoms with Crippen LogP contribution >= 0.6 is 34.5 Å². The molecule has 0 saturated carbocycles. The van der Waals surface area contributed by atoms with Crippen molar-refractivity contribution in [3.05, 3.63) is 52.0 Å². The number of piperidine rings is 1. The van der Waals surface area contributed by atoms with Crippen LogP contribution in [0.2, 0.25) is 10.0 Å². The predicted octanol–water partition coefficient (Wildman–Crippen LogP) is 5.81. The van der Waals surface area contributed by atoms with Crippen LogP contribution < -0.4 is 5.32 Å². The zero-order valence-corrected chi connectivity index (χ0v) is 19.9. The Labute approximate surface area is 195 Å². The summed E-state index contributed by atoms with van der Waals surface area (Å²) in [5.41, 5.74) is 0.871. The third kappa shape index (κ3) is 4.45. The van der Waals surface area contributed by atoms with Gasteiger partial charge < -0.3 is 0 Å². The van der Waals surface area contributed by atoms with Crippen LogP contribution in [-0.4, -0.2) is 36.2 Å². The fourth-order valence-corrected chi connectivity index (χ4v) is 6.82. The Morgan fingerprint density at radius 1 is 1.19 bits per heavy atom. The largest absolute Gasteiger partial charge is 0.298 e. The summed E-state index contributed by atoms with van der Waals surface area (Å²) in [5.74, 6) is -0.380. The van der Waals surface area contributed by atoms with Gasteiger partial charge in [-0.1, -0.05) is 47.9 Å². The first kappa shape index (κ1) is 22.5. The highest BCUT2D eigenvalue weighted by atomic mass is 35.5. The lowest BCUT2D eigenvalue weighted by Crippen LogP contribution is -2.43. The third-order valence-electron chi connectivity index (χ3n) is 5.44. The van der Waals surface area contributed by atoms with E-state index >= 15 is 0 Å². The van der Waals surface area contributed by atoms with Gasteiger partial charge in [0.25, 0.3) is 5.91 Å². The van der Waals surface area contributed by atoms with Gasteiger partial charge in [-0.3, -0.25) is 10.1 Å². The maximum atomic E-state index is 13.1. The van der Waals surface area contributed by atoms with E-state index in [0.29, 0.717) is 32.8 Å². The van der Waals surface area contributed by atoms with E-state index in [1.807, 2.05) is 6.92 Å². The Morgan fingerprint density at radius 2 is 1.94 bits per heavy atom. The van der Waals surface area contributed by atoms with E-state index in [1.165, 1.54) is 35.6 Å². The number of hydrogen-bond acceptors (Lipinski definition) is 5. The van der Waals surface area contributed by atoms with Gasteiger partial charge in [0.05, 0.1) is 19.6 Å². The van der Waals surface area contributed by atoms with Crippen molar-refractivity contribution in [3.63, 3.8) is 0 Å². The summed E-state index contributed by atoms with van der Waals surface area (Å²) >= 11 is 13.5. The van der Waals surface area contributed by atoms with Gasteiger partial charge in [-0.05, 0) is 55.7 Å². The molecule has 2 heterocycles. The minimum absolute atomic E-state index is 0.0288. The number of aromatic nitrogens is 1. The SMILES string of the molecule is CCC1CCCCN1S(=O)(=O)c1ccc(C(=O)Nc2nc3c(Cl)c(Cl)ccc3s2)cc1. The van der Waals surface area contributed by atoms with E-state index in [9.17, 15) is 13.2 Å². The number of nitrogens with zero attached hydrogens (tertiary/aromatic N) is 2. The molecule has 164 valence electrons. The second-order valence-corrected chi connectivity index (χ2v) is 11.1. The van der Waals surface area contributed by atoms with Crippen LogP contribution in [0.4, 0.5) is 5.13 Å². The molecule has 1 aromatic heterocycles. The normalized spacial score (nSPS) is 17.7. The third-order valence-corrected chi connectivity index (χ3v) is 9.14. The van der Waals surface area contributed by atoms with Crippen LogP contribution in [0.1, 0.15) is 43.0 Å². The summed E-state index contributed by atoms with van der Waals surface area (Å²) in [6, 6.07) is 9.51. The minimum atomic E-state index is -3.59. The predicted molar refractivity (Wildman–Crippen MR) is 126 cm³/mol. The van der Waals surface area contributed by atoms with Crippen molar-refractivity contribution < 1.29 is 13.2 Å². The van der Waals surface area contributed by atoms with Gasteiger partial charge >= 0.3 is 0 Å². The molecule has 10 heteroatoms. The molecule has 0 radical (unpaired) electrons. The molecule has 0 bridgehead atoms. The molecule has 1 unspecified atom stereocenters. The summed E-state index contributed by atoms with van der Waals surface area (Å²) in [6.07, 6.45) is 3.59. The number of nitrogens with one attached hydrogen (secondary N) is 1. The average molecular weight is 498 g/mol. The molecule has 1 aliphatic heterocycles. The molecule has 1 atom stereocenters. The van der Waals surface area contributed by atoms with Crippen molar-refractivity contribution in [1.29, 1.82) is 0 Å². The van der Waals surface area contributed by atoms with Gasteiger partial charge in [0.15, 0.2) is 5.13 Å². The van der Waals surface area contributed by atoms with Gasteiger partial charge in [0.1, 0.15) is 5.52 Å². The number of fused-ring (bicyclic) bond motifs is 1. The van der Waals surface area contributed by atoms with Crippen molar-refractivity contribution in [2.45, 2.75) is 43.5 Å². The van der Waals surface area contributed by atoms with E-state index < -0.39 is 10.0 Å². The fraction of sp³-hybridized carbons (Fsp3) is 0.333. The van der Waals surface area contributed by atoms with Crippen LogP contribution in [0, 0.1) is 0 Å². The molecule has 1 fully saturated rings. The lowest BCUT2D eigenvalue weighted by Gasteiger charge is -2.34. The van der Waals surface area contributed by atoms with Gasteiger partial charge in [0, 0.05) is 18.2 Å². The Kier molecular flexibility index (Phi) is 6.55. The molecule has 1 aliphatic rings. The first-order valence-corrected chi connectivity index (χ1v) is 13.0. The van der Waals surface area contributed by atoms with Crippen molar-refractivity contribution in [3.8, 4) is 0 Å². The summed E-state index contributed by atoms with van der Waals surface area (Å²) in [7, 11) is -3.59. The van der Waals surface area contributed by atoms with Gasteiger partial charge in [-0.2, -0.15) is 4.31 Å². The first-order valence-electron chi connectivity index (χ1n) is 9.99. The molecule has 0 aliphatic carbocycles. The second-order valence-electron chi connectivity index (χ2n) is 7.38. The topological polar surface area (TPSA) is 79.4 Å². The summed E-state index contributed by atoms with van der Waals surface area (Å²) in [5, 5.41) is 3.87. The van der Waals surface area contributed by atoms with Gasteiger partial charge in [-0.15, -0.1) is 0 Å². The maximum Gasteiger partial charge on any atom is 0.257 e. The van der Waals surface area contributed by atoms with E-state index in [0.717, 1.165) is 30.4 Å². The zero-order valence-electron chi connectivity index (χ0n) is 16.8. The Bertz CT molecular complexity index is 1230. The van der Waals surface area contributed by atoms with E-state index in [2.05, 4.69) is 10.3 Å². The fourth-order valence-electron chi connectivity index (χ4n) is 3.77. The molecule has 1 N–H and O–H groups in total. The number of carbonyl (C=O) groups excluding carboxylic acids is 1. The number of benzene rings is 2. The first-order chi connectivity index (χ1) is 14.8. The molecule has 1 amide bonds. The van der Waals surface area contributed by atoms with E-state index in [1.54, 1.807) is 16.4 Å². The van der Waals surface area contributed by atoms with Crippen LogP contribution in [0.15, 0.2) is 41.3 Å². The van der Waals surface area contributed by atoms with Crippen LogP contribution in [0.25, 0.3) is 10.2 Å². The number of anilines is 1. The number of hydrogen-bond donors (Lipinski definition) is 1. The molecule has 31 heavy (non-hydrogen) atoms. The van der Waals surface area contributed by atoms with E-state index in [-0.39, 0.29) is 16.8 Å². The summed E-state index contributed by atoms with van der Waals surface area (Å²) in [4.78, 5) is 17.2. The highest BCUT2D eigenvalue weighted by Gasteiger charge is 2.32. The number of thiazole rings is 1. The molecular formula is C21H21Cl2N3O3S2. The Hall–Kier alpha value is -1.71. The van der Waals surface area contributed by atoms with Gasteiger partial charge in [0.2, 0.25) is 10.0 Å². The summed E-state index contributed by atoms with van der Waals surface area (Å²) in [6.45, 7) is 2.54.